The van der Waals surface area contributed by atoms with Gasteiger partial charge in [-0.1, -0.05) is 42.9 Å². The van der Waals surface area contributed by atoms with Crippen LogP contribution in [0.3, 0.4) is 0 Å². The van der Waals surface area contributed by atoms with Crippen molar-refractivity contribution in [3.05, 3.63) is 33.8 Å². The van der Waals surface area contributed by atoms with Gasteiger partial charge in [-0.25, -0.2) is 9.48 Å². The predicted molar refractivity (Wildman–Crippen MR) is 114 cm³/mol. The number of nitrogens with one attached hydrogen (secondary N) is 1. The number of aromatic nitrogens is 2. The summed E-state index contributed by atoms with van der Waals surface area (Å²) < 4.78 is 8.36. The molecule has 150 valence electrons. The fourth-order valence-corrected chi connectivity index (χ4v) is 5.02. The number of hydrogen-bond donors (Lipinski definition) is 1. The molecular weight excluding hydrogens is 414 g/mol. The van der Waals surface area contributed by atoms with Crippen molar-refractivity contribution in [2.24, 2.45) is 5.92 Å². The van der Waals surface area contributed by atoms with Crippen molar-refractivity contribution in [2.45, 2.75) is 43.0 Å². The molecule has 1 aliphatic carbocycles. The van der Waals surface area contributed by atoms with Gasteiger partial charge in [0.2, 0.25) is 0 Å². The van der Waals surface area contributed by atoms with E-state index in [1.807, 2.05) is 6.26 Å². The first-order chi connectivity index (χ1) is 13.5. The van der Waals surface area contributed by atoms with Gasteiger partial charge in [0.25, 0.3) is 5.91 Å². The highest BCUT2D eigenvalue weighted by Gasteiger charge is 2.23. The number of amides is 1. The SMILES string of the molecule is CSc1nn(-c2ccc(C(=O)OCC(=O)N[C@H]3CCCC[C@H]3C)cc2)c(=S)s1. The summed E-state index contributed by atoms with van der Waals surface area (Å²) >= 11 is 8.30. The topological polar surface area (TPSA) is 73.2 Å². The van der Waals surface area contributed by atoms with Crippen LogP contribution in [0.1, 0.15) is 43.0 Å². The molecule has 2 atom stereocenters. The highest BCUT2D eigenvalue weighted by Crippen LogP contribution is 2.24. The molecule has 0 saturated heterocycles. The molecule has 0 radical (unpaired) electrons. The Hall–Kier alpha value is -1.71. The van der Waals surface area contributed by atoms with Crippen LogP contribution in [0.2, 0.25) is 0 Å². The minimum absolute atomic E-state index is 0.174. The number of rotatable bonds is 6. The molecule has 1 fully saturated rings. The van der Waals surface area contributed by atoms with Crippen LogP contribution in [-0.2, 0) is 9.53 Å². The van der Waals surface area contributed by atoms with Crippen molar-refractivity contribution in [1.82, 2.24) is 15.1 Å². The molecule has 1 aromatic carbocycles. The van der Waals surface area contributed by atoms with Gasteiger partial charge in [-0.15, -0.1) is 5.10 Å². The Morgan fingerprint density at radius 1 is 1.32 bits per heavy atom. The van der Waals surface area contributed by atoms with Gasteiger partial charge in [0.15, 0.2) is 14.9 Å². The average molecular weight is 438 g/mol. The molecule has 1 N–H and O–H groups in total. The predicted octanol–water partition coefficient (Wildman–Crippen LogP) is 4.24. The number of carbonyl (C=O) groups is 2. The Bertz CT molecular complexity index is 892. The van der Waals surface area contributed by atoms with Crippen LogP contribution in [0.4, 0.5) is 0 Å². The lowest BCUT2D eigenvalue weighted by molar-refractivity contribution is -0.125. The van der Waals surface area contributed by atoms with Crippen molar-refractivity contribution in [1.29, 1.82) is 0 Å². The van der Waals surface area contributed by atoms with Gasteiger partial charge in [0.05, 0.1) is 11.3 Å². The van der Waals surface area contributed by atoms with E-state index in [0.717, 1.165) is 29.3 Å². The summed E-state index contributed by atoms with van der Waals surface area (Å²) in [6.07, 6.45) is 6.40. The molecule has 1 aromatic heterocycles. The summed E-state index contributed by atoms with van der Waals surface area (Å²) in [5.74, 6) is -0.308. The molecular formula is C19H23N3O3S3. The Balaban J connectivity index is 1.55. The maximum atomic E-state index is 12.2. The van der Waals surface area contributed by atoms with Crippen LogP contribution in [0.5, 0.6) is 0 Å². The molecule has 1 heterocycles. The van der Waals surface area contributed by atoms with E-state index >= 15 is 0 Å². The van der Waals surface area contributed by atoms with Crippen molar-refractivity contribution in [3.8, 4) is 5.69 Å². The molecule has 0 spiro atoms. The molecule has 3 rings (SSSR count). The van der Waals surface area contributed by atoms with E-state index in [0.29, 0.717) is 15.4 Å². The highest BCUT2D eigenvalue weighted by molar-refractivity contribution is 8.00. The maximum absolute atomic E-state index is 12.2. The Labute approximate surface area is 177 Å². The van der Waals surface area contributed by atoms with Gasteiger partial charge < -0.3 is 10.1 Å². The summed E-state index contributed by atoms with van der Waals surface area (Å²) in [5.41, 5.74) is 1.16. The number of benzene rings is 1. The maximum Gasteiger partial charge on any atom is 0.338 e. The first kappa shape index (κ1) is 21.0. The molecule has 28 heavy (non-hydrogen) atoms. The van der Waals surface area contributed by atoms with E-state index in [9.17, 15) is 9.59 Å². The van der Waals surface area contributed by atoms with Gasteiger partial charge in [-0.2, -0.15) is 0 Å². The lowest BCUT2D eigenvalue weighted by atomic mass is 9.86. The van der Waals surface area contributed by atoms with E-state index in [1.165, 1.54) is 29.5 Å². The molecule has 1 amide bonds. The zero-order valence-electron chi connectivity index (χ0n) is 15.8. The summed E-state index contributed by atoms with van der Waals surface area (Å²) in [5, 5.41) is 7.40. The second-order valence-corrected chi connectivity index (χ2v) is 9.48. The third-order valence-electron chi connectivity index (χ3n) is 4.84. The molecule has 1 saturated carbocycles. The van der Waals surface area contributed by atoms with Gasteiger partial charge >= 0.3 is 5.97 Å². The number of nitrogens with zero attached hydrogens (tertiary/aromatic N) is 2. The summed E-state index contributed by atoms with van der Waals surface area (Å²) in [7, 11) is 0. The summed E-state index contributed by atoms with van der Waals surface area (Å²) in [6, 6.07) is 7.00. The van der Waals surface area contributed by atoms with Crippen molar-refractivity contribution in [2.75, 3.05) is 12.9 Å². The van der Waals surface area contributed by atoms with E-state index in [1.54, 1.807) is 28.9 Å². The van der Waals surface area contributed by atoms with Crippen LogP contribution >= 0.6 is 35.3 Å². The minimum atomic E-state index is -0.523. The standard InChI is InChI=1S/C19H23N3O3S3/c1-12-5-3-4-6-15(12)20-16(23)11-25-17(24)13-7-9-14(10-8-13)22-19(26)28-18(21-22)27-2/h7-10,12,15H,3-6,11H2,1-2H3,(H,20,23)/t12-,15+/m1/s1. The zero-order valence-corrected chi connectivity index (χ0v) is 18.3. The molecule has 0 unspecified atom stereocenters. The molecule has 0 bridgehead atoms. The Morgan fingerprint density at radius 2 is 2.04 bits per heavy atom. The number of carbonyl (C=O) groups excluding carboxylic acids is 2. The number of esters is 1. The van der Waals surface area contributed by atoms with Crippen molar-refractivity contribution < 1.29 is 14.3 Å². The zero-order chi connectivity index (χ0) is 20.1. The number of ether oxygens (including phenoxy) is 1. The van der Waals surface area contributed by atoms with Crippen LogP contribution in [0, 0.1) is 9.87 Å². The van der Waals surface area contributed by atoms with E-state index < -0.39 is 5.97 Å². The first-order valence-corrected chi connectivity index (χ1v) is 11.6. The van der Waals surface area contributed by atoms with E-state index in [4.69, 9.17) is 17.0 Å². The lowest BCUT2D eigenvalue weighted by Gasteiger charge is -2.29. The quantitative estimate of drug-likeness (QED) is 0.414. The van der Waals surface area contributed by atoms with Crippen LogP contribution < -0.4 is 5.32 Å². The fourth-order valence-electron chi connectivity index (χ4n) is 3.24. The first-order valence-electron chi connectivity index (χ1n) is 9.19. The number of thioether (sulfide) groups is 1. The summed E-state index contributed by atoms with van der Waals surface area (Å²) in [6.45, 7) is 1.88. The van der Waals surface area contributed by atoms with Crippen LogP contribution in [0.15, 0.2) is 28.6 Å². The van der Waals surface area contributed by atoms with Gasteiger partial charge in [-0.05, 0) is 61.5 Å². The number of hydrogen-bond acceptors (Lipinski definition) is 7. The monoisotopic (exact) mass is 437 g/mol. The second-order valence-electron chi connectivity index (χ2n) is 6.81. The molecule has 9 heteroatoms. The lowest BCUT2D eigenvalue weighted by Crippen LogP contribution is -2.42. The molecule has 2 aromatic rings. The second kappa shape index (κ2) is 9.67. The van der Waals surface area contributed by atoms with Crippen molar-refractivity contribution in [3.63, 3.8) is 0 Å². The fraction of sp³-hybridized carbons (Fsp3) is 0.474. The largest absolute Gasteiger partial charge is 0.452 e. The smallest absolute Gasteiger partial charge is 0.338 e. The van der Waals surface area contributed by atoms with Gasteiger partial charge in [0.1, 0.15) is 0 Å². The third kappa shape index (κ3) is 5.21. The minimum Gasteiger partial charge on any atom is -0.452 e. The van der Waals surface area contributed by atoms with Crippen LogP contribution in [-0.4, -0.2) is 40.6 Å². The molecule has 0 aliphatic heterocycles. The van der Waals surface area contributed by atoms with Gasteiger partial charge in [0, 0.05) is 6.04 Å². The molecule has 6 nitrogen and oxygen atoms in total. The third-order valence-corrected chi connectivity index (χ3v) is 7.05. The van der Waals surface area contributed by atoms with E-state index in [2.05, 4.69) is 17.3 Å². The van der Waals surface area contributed by atoms with E-state index in [-0.39, 0.29) is 18.6 Å². The Morgan fingerprint density at radius 3 is 2.68 bits per heavy atom. The average Bonchev–Trinajstić information content (AvgIpc) is 3.09. The summed E-state index contributed by atoms with van der Waals surface area (Å²) in [4.78, 5) is 24.3. The van der Waals surface area contributed by atoms with Gasteiger partial charge in [-0.3, -0.25) is 4.79 Å². The highest BCUT2D eigenvalue weighted by atomic mass is 32.2. The van der Waals surface area contributed by atoms with Crippen LogP contribution in [0.25, 0.3) is 5.69 Å². The normalized spacial score (nSPS) is 19.2. The Kier molecular flexibility index (Phi) is 7.25. The van der Waals surface area contributed by atoms with Crippen molar-refractivity contribution >= 4 is 47.2 Å². The molecule has 1 aliphatic rings.